The molecule has 0 heterocycles. The first-order valence-electron chi connectivity index (χ1n) is 7.26. The third kappa shape index (κ3) is 4.88. The first-order chi connectivity index (χ1) is 12.2. The van der Waals surface area contributed by atoms with Gasteiger partial charge < -0.3 is 16.2 Å². The second kappa shape index (κ2) is 7.76. The molecule has 0 fully saturated rings. The van der Waals surface area contributed by atoms with Crippen molar-refractivity contribution in [3.05, 3.63) is 59.7 Å². The summed E-state index contributed by atoms with van der Waals surface area (Å²) >= 11 is 0. The third-order valence-corrected chi connectivity index (χ3v) is 4.73. The minimum absolute atomic E-state index is 0.0673. The van der Waals surface area contributed by atoms with Crippen LogP contribution in [0.4, 0.5) is 5.69 Å². The van der Waals surface area contributed by atoms with Crippen LogP contribution in [0.3, 0.4) is 0 Å². The van der Waals surface area contributed by atoms with Crippen molar-refractivity contribution in [2.24, 2.45) is 5.73 Å². The van der Waals surface area contributed by atoms with E-state index in [4.69, 9.17) is 16.2 Å². The van der Waals surface area contributed by atoms with E-state index in [1.54, 1.807) is 0 Å². The van der Waals surface area contributed by atoms with Gasteiger partial charge in [-0.2, -0.15) is 0 Å². The van der Waals surface area contributed by atoms with Crippen molar-refractivity contribution in [3.63, 3.8) is 0 Å². The van der Waals surface area contributed by atoms with Crippen molar-refractivity contribution in [2.45, 2.75) is 4.90 Å². The van der Waals surface area contributed by atoms with Crippen LogP contribution >= 0.6 is 0 Å². The smallest absolute Gasteiger partial charge is 0.335 e. The fourth-order valence-corrected chi connectivity index (χ4v) is 2.94. The molecule has 0 radical (unpaired) electrons. The maximum absolute atomic E-state index is 12.1. The molecule has 0 spiro atoms. The Labute approximate surface area is 149 Å². The summed E-state index contributed by atoms with van der Waals surface area (Å²) in [5, 5.41) is 18.5. The molecule has 0 saturated heterocycles. The van der Waals surface area contributed by atoms with Crippen LogP contribution in [0.25, 0.3) is 0 Å². The number of anilines is 1. The van der Waals surface area contributed by atoms with Crippen LogP contribution in [0.2, 0.25) is 0 Å². The second-order valence-corrected chi connectivity index (χ2v) is 6.96. The average Bonchev–Trinajstić information content (AvgIpc) is 2.60. The van der Waals surface area contributed by atoms with Crippen molar-refractivity contribution in [3.8, 4) is 0 Å². The Balaban J connectivity index is 1.96. The number of hydrogen-bond acceptors (Lipinski definition) is 5. The van der Waals surface area contributed by atoms with Gasteiger partial charge in [0.2, 0.25) is 15.9 Å². The molecule has 2 rings (SSSR count). The van der Waals surface area contributed by atoms with E-state index in [1.807, 2.05) is 0 Å². The van der Waals surface area contributed by atoms with Crippen LogP contribution < -0.4 is 15.8 Å². The van der Waals surface area contributed by atoms with Crippen LogP contribution in [0, 0.1) is 5.41 Å². The van der Waals surface area contributed by atoms with Gasteiger partial charge in [-0.15, -0.1) is 0 Å². The minimum Gasteiger partial charge on any atom is -0.478 e. The van der Waals surface area contributed by atoms with Crippen LogP contribution in [-0.2, 0) is 14.8 Å². The molecule has 0 saturated carbocycles. The van der Waals surface area contributed by atoms with E-state index < -0.39 is 28.4 Å². The summed E-state index contributed by atoms with van der Waals surface area (Å²) < 4.78 is 26.5. The fourth-order valence-electron chi connectivity index (χ4n) is 1.96. The normalized spacial score (nSPS) is 10.9. The molecule has 2 aromatic carbocycles. The molecule has 0 aliphatic rings. The predicted octanol–water partition coefficient (Wildman–Crippen LogP) is 0.586. The van der Waals surface area contributed by atoms with Gasteiger partial charge in [-0.1, -0.05) is 0 Å². The summed E-state index contributed by atoms with van der Waals surface area (Å²) in [6.07, 6.45) is 0. The number of carbonyl (C=O) groups excluding carboxylic acids is 1. The Morgan fingerprint density at radius 1 is 1.00 bits per heavy atom. The number of carbonyl (C=O) groups is 2. The fraction of sp³-hybridized carbons (Fsp3) is 0.0625. The number of hydrogen-bond donors (Lipinski definition) is 5. The summed E-state index contributed by atoms with van der Waals surface area (Å²) in [5.74, 6) is -1.89. The highest BCUT2D eigenvalue weighted by atomic mass is 32.2. The Bertz CT molecular complexity index is 938. The Kier molecular flexibility index (Phi) is 5.70. The predicted molar refractivity (Wildman–Crippen MR) is 94.7 cm³/mol. The molecule has 0 atom stereocenters. The summed E-state index contributed by atoms with van der Waals surface area (Å²) in [4.78, 5) is 22.5. The molecule has 0 bridgehead atoms. The number of nitrogens with two attached hydrogens (primary N) is 1. The topological polar surface area (TPSA) is 162 Å². The first-order valence-corrected chi connectivity index (χ1v) is 8.75. The maximum Gasteiger partial charge on any atom is 0.335 e. The lowest BCUT2D eigenvalue weighted by Gasteiger charge is -2.08. The highest BCUT2D eigenvalue weighted by molar-refractivity contribution is 7.89. The Morgan fingerprint density at radius 2 is 1.54 bits per heavy atom. The Hall–Kier alpha value is -3.24. The number of rotatable bonds is 7. The van der Waals surface area contributed by atoms with Crippen molar-refractivity contribution in [1.82, 2.24) is 4.72 Å². The first kappa shape index (κ1) is 19.1. The molecule has 10 heteroatoms. The van der Waals surface area contributed by atoms with E-state index in [0.29, 0.717) is 11.3 Å². The van der Waals surface area contributed by atoms with Gasteiger partial charge in [0.1, 0.15) is 5.84 Å². The van der Waals surface area contributed by atoms with Gasteiger partial charge in [-0.3, -0.25) is 10.2 Å². The van der Waals surface area contributed by atoms with Gasteiger partial charge >= 0.3 is 5.97 Å². The lowest BCUT2D eigenvalue weighted by atomic mass is 10.2. The van der Waals surface area contributed by atoms with Crippen molar-refractivity contribution >= 4 is 33.4 Å². The van der Waals surface area contributed by atoms with Crippen molar-refractivity contribution < 1.29 is 23.1 Å². The van der Waals surface area contributed by atoms with Gasteiger partial charge in [0.25, 0.3) is 0 Å². The van der Waals surface area contributed by atoms with Gasteiger partial charge in [-0.05, 0) is 48.5 Å². The number of carboxylic acid groups (broad SMARTS) is 1. The number of aromatic carboxylic acids is 1. The van der Waals surface area contributed by atoms with E-state index in [-0.39, 0.29) is 16.3 Å². The molecule has 0 aromatic heterocycles. The molecular weight excluding hydrogens is 360 g/mol. The molecule has 6 N–H and O–H groups in total. The number of nitrogens with one attached hydrogen (secondary N) is 3. The van der Waals surface area contributed by atoms with Crippen LogP contribution in [0.15, 0.2) is 53.4 Å². The number of sulfonamides is 1. The molecule has 0 aliphatic carbocycles. The maximum atomic E-state index is 12.1. The average molecular weight is 376 g/mol. The van der Waals surface area contributed by atoms with E-state index in [9.17, 15) is 18.0 Å². The summed E-state index contributed by atoms with van der Waals surface area (Å²) in [6, 6.07) is 10.8. The van der Waals surface area contributed by atoms with E-state index in [0.717, 1.165) is 0 Å². The molecule has 0 unspecified atom stereocenters. The number of amidine groups is 1. The van der Waals surface area contributed by atoms with E-state index in [2.05, 4.69) is 10.0 Å². The van der Waals surface area contributed by atoms with Crippen LogP contribution in [0.5, 0.6) is 0 Å². The number of carboxylic acids is 1. The number of benzene rings is 2. The lowest BCUT2D eigenvalue weighted by Crippen LogP contribution is -2.33. The zero-order valence-corrected chi connectivity index (χ0v) is 14.2. The zero-order chi connectivity index (χ0) is 19.3. The number of amides is 1. The largest absolute Gasteiger partial charge is 0.478 e. The minimum atomic E-state index is -3.91. The highest BCUT2D eigenvalue weighted by Gasteiger charge is 2.16. The monoisotopic (exact) mass is 376 g/mol. The summed E-state index contributed by atoms with van der Waals surface area (Å²) in [6.45, 7) is -0.503. The standard InChI is InChI=1S/C16H16N4O5S/c17-15(18)10-3-7-13(8-4-10)26(24,25)19-9-14(21)20-12-5-1-11(2-6-12)16(22)23/h1-8,19H,9H2,(H3,17,18)(H,20,21)(H,22,23). The molecule has 0 aliphatic heterocycles. The second-order valence-electron chi connectivity index (χ2n) is 5.19. The van der Waals surface area contributed by atoms with Gasteiger partial charge in [0, 0.05) is 11.3 Å². The van der Waals surface area contributed by atoms with Crippen molar-refractivity contribution in [1.29, 1.82) is 5.41 Å². The van der Waals surface area contributed by atoms with Gasteiger partial charge in [0.05, 0.1) is 17.0 Å². The molecule has 2 aromatic rings. The van der Waals surface area contributed by atoms with Gasteiger partial charge in [-0.25, -0.2) is 17.9 Å². The van der Waals surface area contributed by atoms with Crippen molar-refractivity contribution in [2.75, 3.05) is 11.9 Å². The van der Waals surface area contributed by atoms with Crippen LogP contribution in [-0.4, -0.2) is 37.8 Å². The molecular formula is C16H16N4O5S. The zero-order valence-electron chi connectivity index (χ0n) is 13.4. The third-order valence-electron chi connectivity index (χ3n) is 3.31. The Morgan fingerprint density at radius 3 is 2.04 bits per heavy atom. The quantitative estimate of drug-likeness (QED) is 0.351. The highest BCUT2D eigenvalue weighted by Crippen LogP contribution is 2.11. The van der Waals surface area contributed by atoms with E-state index >= 15 is 0 Å². The molecule has 1 amide bonds. The summed E-state index contributed by atoms with van der Waals surface area (Å²) in [7, 11) is -3.91. The van der Waals surface area contributed by atoms with Crippen LogP contribution in [0.1, 0.15) is 15.9 Å². The molecule has 9 nitrogen and oxygen atoms in total. The summed E-state index contributed by atoms with van der Waals surface area (Å²) in [5.41, 5.74) is 6.09. The molecule has 136 valence electrons. The SMILES string of the molecule is N=C(N)c1ccc(S(=O)(=O)NCC(=O)Nc2ccc(C(=O)O)cc2)cc1. The lowest BCUT2D eigenvalue weighted by molar-refractivity contribution is -0.115. The van der Waals surface area contributed by atoms with E-state index in [1.165, 1.54) is 48.5 Å². The van der Waals surface area contributed by atoms with Gasteiger partial charge in [0.15, 0.2) is 0 Å². The number of nitrogen functional groups attached to an aromatic ring is 1. The molecule has 26 heavy (non-hydrogen) atoms.